The summed E-state index contributed by atoms with van der Waals surface area (Å²) in [6, 6.07) is 5.99. The second-order valence-corrected chi connectivity index (χ2v) is 4.55. The van der Waals surface area contributed by atoms with E-state index in [1.807, 2.05) is 19.1 Å². The smallest absolute Gasteiger partial charge is 0.341 e. The number of hydrogen-bond acceptors (Lipinski definition) is 4. The lowest BCUT2D eigenvalue weighted by molar-refractivity contribution is 0.549. The molecule has 0 radical (unpaired) electrons. The van der Waals surface area contributed by atoms with Crippen LogP contribution >= 0.6 is 0 Å². The predicted molar refractivity (Wildman–Crippen MR) is 78.7 cm³/mol. The molecule has 0 bridgehead atoms. The van der Waals surface area contributed by atoms with Gasteiger partial charge in [0.2, 0.25) is 0 Å². The SMILES string of the molecule is CCN(CC)c1ccc2c(C)c(CN)c(=O)oc2c1. The van der Waals surface area contributed by atoms with Gasteiger partial charge in [-0.15, -0.1) is 0 Å². The molecule has 0 saturated heterocycles. The van der Waals surface area contributed by atoms with Gasteiger partial charge >= 0.3 is 5.63 Å². The molecule has 4 nitrogen and oxygen atoms in total. The lowest BCUT2D eigenvalue weighted by atomic mass is 10.1. The first kappa shape index (κ1) is 13.6. The van der Waals surface area contributed by atoms with Crippen molar-refractivity contribution in [1.82, 2.24) is 0 Å². The Morgan fingerprint density at radius 2 is 1.95 bits per heavy atom. The van der Waals surface area contributed by atoms with E-state index in [1.54, 1.807) is 0 Å². The normalized spacial score (nSPS) is 10.9. The summed E-state index contributed by atoms with van der Waals surface area (Å²) in [6.45, 7) is 8.18. The number of nitrogens with two attached hydrogens (primary N) is 1. The molecular formula is C15H20N2O2. The Morgan fingerprint density at radius 1 is 1.26 bits per heavy atom. The number of fused-ring (bicyclic) bond motifs is 1. The summed E-state index contributed by atoms with van der Waals surface area (Å²) in [5, 5.41) is 0.955. The monoisotopic (exact) mass is 260 g/mol. The van der Waals surface area contributed by atoms with Crippen LogP contribution in [-0.4, -0.2) is 13.1 Å². The van der Waals surface area contributed by atoms with Crippen molar-refractivity contribution < 1.29 is 4.42 Å². The molecule has 1 heterocycles. The van der Waals surface area contributed by atoms with E-state index in [0.717, 1.165) is 29.7 Å². The van der Waals surface area contributed by atoms with E-state index in [9.17, 15) is 4.79 Å². The van der Waals surface area contributed by atoms with Crippen molar-refractivity contribution in [1.29, 1.82) is 0 Å². The van der Waals surface area contributed by atoms with Crippen LogP contribution in [-0.2, 0) is 6.54 Å². The minimum atomic E-state index is -0.329. The third-order valence-electron chi connectivity index (χ3n) is 3.60. The Kier molecular flexibility index (Phi) is 3.90. The maximum atomic E-state index is 11.8. The molecule has 2 aromatic rings. The summed E-state index contributed by atoms with van der Waals surface area (Å²) in [5.74, 6) is 0. The zero-order valence-electron chi connectivity index (χ0n) is 11.7. The molecule has 0 spiro atoms. The highest BCUT2D eigenvalue weighted by Crippen LogP contribution is 2.24. The van der Waals surface area contributed by atoms with Crippen LogP contribution in [0.1, 0.15) is 25.0 Å². The summed E-state index contributed by atoms with van der Waals surface area (Å²) >= 11 is 0. The predicted octanol–water partition coefficient (Wildman–Crippen LogP) is 2.41. The van der Waals surface area contributed by atoms with Gasteiger partial charge in [0.1, 0.15) is 5.58 Å². The van der Waals surface area contributed by atoms with E-state index < -0.39 is 0 Å². The van der Waals surface area contributed by atoms with Crippen LogP contribution in [0.25, 0.3) is 11.0 Å². The molecule has 1 aromatic heterocycles. The van der Waals surface area contributed by atoms with Gasteiger partial charge in [0.05, 0.1) is 5.56 Å². The number of anilines is 1. The lowest BCUT2D eigenvalue weighted by Gasteiger charge is -2.21. The summed E-state index contributed by atoms with van der Waals surface area (Å²) in [5.41, 5.74) is 8.44. The average Bonchev–Trinajstić information content (AvgIpc) is 2.40. The molecule has 0 aliphatic rings. The summed E-state index contributed by atoms with van der Waals surface area (Å²) in [4.78, 5) is 14.1. The fraction of sp³-hybridized carbons (Fsp3) is 0.400. The van der Waals surface area contributed by atoms with Crippen LogP contribution in [0.2, 0.25) is 0 Å². The number of aryl methyl sites for hydroxylation is 1. The van der Waals surface area contributed by atoms with Gasteiger partial charge < -0.3 is 15.1 Å². The van der Waals surface area contributed by atoms with Gasteiger partial charge in [-0.25, -0.2) is 4.79 Å². The van der Waals surface area contributed by atoms with E-state index in [0.29, 0.717) is 11.1 Å². The number of nitrogens with zero attached hydrogens (tertiary/aromatic N) is 1. The molecule has 0 fully saturated rings. The third-order valence-corrected chi connectivity index (χ3v) is 3.60. The van der Waals surface area contributed by atoms with Gasteiger partial charge in [0.15, 0.2) is 0 Å². The standard InChI is InChI=1S/C15H20N2O2/c1-4-17(5-2)11-6-7-12-10(3)13(9-16)15(18)19-14(12)8-11/h6-8H,4-5,9,16H2,1-3H3. The number of hydrogen-bond donors (Lipinski definition) is 1. The molecule has 0 aliphatic heterocycles. The summed E-state index contributed by atoms with van der Waals surface area (Å²) in [7, 11) is 0. The van der Waals surface area contributed by atoms with Gasteiger partial charge in [-0.3, -0.25) is 0 Å². The van der Waals surface area contributed by atoms with Gasteiger partial charge in [0, 0.05) is 36.8 Å². The van der Waals surface area contributed by atoms with Crippen molar-refractivity contribution in [2.45, 2.75) is 27.3 Å². The van der Waals surface area contributed by atoms with Crippen LogP contribution < -0.4 is 16.3 Å². The molecule has 0 unspecified atom stereocenters. The Labute approximate surface area is 112 Å². The van der Waals surface area contributed by atoms with E-state index in [1.165, 1.54) is 0 Å². The van der Waals surface area contributed by atoms with Crippen LogP contribution in [0.4, 0.5) is 5.69 Å². The molecule has 19 heavy (non-hydrogen) atoms. The van der Waals surface area contributed by atoms with Gasteiger partial charge in [-0.1, -0.05) is 0 Å². The van der Waals surface area contributed by atoms with Crippen molar-refractivity contribution >= 4 is 16.7 Å². The van der Waals surface area contributed by atoms with E-state index in [2.05, 4.69) is 24.8 Å². The van der Waals surface area contributed by atoms with Gasteiger partial charge in [-0.2, -0.15) is 0 Å². The zero-order valence-corrected chi connectivity index (χ0v) is 11.7. The second-order valence-electron chi connectivity index (χ2n) is 4.55. The van der Waals surface area contributed by atoms with Crippen LogP contribution in [0.3, 0.4) is 0 Å². The minimum absolute atomic E-state index is 0.210. The van der Waals surface area contributed by atoms with E-state index in [4.69, 9.17) is 10.2 Å². The first-order chi connectivity index (χ1) is 9.12. The highest BCUT2D eigenvalue weighted by atomic mass is 16.4. The molecule has 4 heteroatoms. The molecule has 102 valence electrons. The quantitative estimate of drug-likeness (QED) is 0.858. The largest absolute Gasteiger partial charge is 0.422 e. The molecule has 0 atom stereocenters. The van der Waals surface area contributed by atoms with Crippen molar-refractivity contribution in [2.75, 3.05) is 18.0 Å². The fourth-order valence-electron chi connectivity index (χ4n) is 2.40. The maximum absolute atomic E-state index is 11.8. The molecule has 0 saturated carbocycles. The Balaban J connectivity index is 2.65. The first-order valence-corrected chi connectivity index (χ1v) is 6.63. The highest BCUT2D eigenvalue weighted by Gasteiger charge is 2.11. The van der Waals surface area contributed by atoms with Crippen molar-refractivity contribution in [3.63, 3.8) is 0 Å². The topological polar surface area (TPSA) is 59.5 Å². The van der Waals surface area contributed by atoms with Crippen molar-refractivity contribution in [3.05, 3.63) is 39.7 Å². The second kappa shape index (κ2) is 5.45. The molecule has 1 aromatic carbocycles. The minimum Gasteiger partial charge on any atom is -0.422 e. The number of rotatable bonds is 4. The highest BCUT2D eigenvalue weighted by molar-refractivity contribution is 5.84. The molecule has 2 N–H and O–H groups in total. The molecule has 0 aliphatic carbocycles. The van der Waals surface area contributed by atoms with Crippen LogP contribution in [0.15, 0.2) is 27.4 Å². The maximum Gasteiger partial charge on any atom is 0.341 e. The fourth-order valence-corrected chi connectivity index (χ4v) is 2.40. The third kappa shape index (κ3) is 2.36. The molecule has 0 amide bonds. The van der Waals surface area contributed by atoms with Gasteiger partial charge in [0.25, 0.3) is 0 Å². The summed E-state index contributed by atoms with van der Waals surface area (Å²) < 4.78 is 5.38. The van der Waals surface area contributed by atoms with Crippen molar-refractivity contribution in [3.8, 4) is 0 Å². The zero-order chi connectivity index (χ0) is 14.0. The molecular weight excluding hydrogens is 240 g/mol. The Hall–Kier alpha value is -1.81. The average molecular weight is 260 g/mol. The van der Waals surface area contributed by atoms with Crippen molar-refractivity contribution in [2.24, 2.45) is 5.73 Å². The Morgan fingerprint density at radius 3 is 2.53 bits per heavy atom. The van der Waals surface area contributed by atoms with Crippen LogP contribution in [0.5, 0.6) is 0 Å². The lowest BCUT2D eigenvalue weighted by Crippen LogP contribution is -2.21. The van der Waals surface area contributed by atoms with Gasteiger partial charge in [-0.05, 0) is 38.5 Å². The number of benzene rings is 1. The summed E-state index contributed by atoms with van der Waals surface area (Å²) in [6.07, 6.45) is 0. The molecule has 2 rings (SSSR count). The Bertz CT molecular complexity index is 642. The van der Waals surface area contributed by atoms with E-state index >= 15 is 0 Å². The van der Waals surface area contributed by atoms with Crippen LogP contribution in [0, 0.1) is 6.92 Å². The first-order valence-electron chi connectivity index (χ1n) is 6.63. The van der Waals surface area contributed by atoms with E-state index in [-0.39, 0.29) is 12.2 Å².